The lowest BCUT2D eigenvalue weighted by Crippen LogP contribution is -2.56. The lowest BCUT2D eigenvalue weighted by atomic mass is 9.73. The van der Waals surface area contributed by atoms with Crippen molar-refractivity contribution < 1.29 is 17.6 Å². The second kappa shape index (κ2) is 3.11. The number of alkyl halides is 4. The average Bonchev–Trinajstić information content (AvgIpc) is 2.16. The van der Waals surface area contributed by atoms with E-state index >= 15 is 0 Å². The Bertz CT molecular complexity index is 372. The maximum absolute atomic E-state index is 13.0. The third kappa shape index (κ3) is 1.51. The first-order chi connectivity index (χ1) is 6.84. The standard InChI is InChI=1S/C10H7ClF4/c11-7-3-1-6(2-4-7)8-5-9(12,13)10(8,14)15/h1-4,8H,5H2/t8-/m0/s1. The molecule has 82 valence electrons. The summed E-state index contributed by atoms with van der Waals surface area (Å²) in [5.41, 5.74) is 0.204. The predicted molar refractivity (Wildman–Crippen MR) is 48.7 cm³/mol. The Balaban J connectivity index is 2.25. The van der Waals surface area contributed by atoms with Gasteiger partial charge < -0.3 is 0 Å². The molecular weight excluding hydrogens is 232 g/mol. The SMILES string of the molecule is FC1(F)C[C@@H](c2ccc(Cl)cc2)C1(F)F. The van der Waals surface area contributed by atoms with Gasteiger partial charge in [-0.15, -0.1) is 0 Å². The summed E-state index contributed by atoms with van der Waals surface area (Å²) in [4.78, 5) is 0. The molecule has 0 aliphatic heterocycles. The fraction of sp³-hybridized carbons (Fsp3) is 0.400. The Labute approximate surface area is 88.9 Å². The molecule has 15 heavy (non-hydrogen) atoms. The summed E-state index contributed by atoms with van der Waals surface area (Å²) in [6.07, 6.45) is -0.804. The summed E-state index contributed by atoms with van der Waals surface area (Å²) in [5.74, 6) is -9.22. The van der Waals surface area contributed by atoms with Crippen molar-refractivity contribution in [3.05, 3.63) is 34.9 Å². The molecule has 1 saturated carbocycles. The molecule has 2 rings (SSSR count). The summed E-state index contributed by atoms with van der Waals surface area (Å²) < 4.78 is 51.1. The molecule has 0 spiro atoms. The van der Waals surface area contributed by atoms with Crippen LogP contribution in [0.4, 0.5) is 17.6 Å². The van der Waals surface area contributed by atoms with Crippen molar-refractivity contribution in [3.63, 3.8) is 0 Å². The Morgan fingerprint density at radius 2 is 1.60 bits per heavy atom. The van der Waals surface area contributed by atoms with Crippen molar-refractivity contribution >= 4 is 11.6 Å². The van der Waals surface area contributed by atoms with Crippen LogP contribution in [0.2, 0.25) is 5.02 Å². The third-order valence-corrected chi connectivity index (χ3v) is 2.91. The minimum Gasteiger partial charge on any atom is -0.200 e. The van der Waals surface area contributed by atoms with Crippen molar-refractivity contribution in [2.45, 2.75) is 24.2 Å². The highest BCUT2D eigenvalue weighted by Crippen LogP contribution is 2.59. The van der Waals surface area contributed by atoms with Crippen molar-refractivity contribution in [1.29, 1.82) is 0 Å². The fourth-order valence-electron chi connectivity index (χ4n) is 1.67. The molecule has 1 aliphatic carbocycles. The Kier molecular flexibility index (Phi) is 2.23. The molecule has 5 heteroatoms. The molecule has 1 fully saturated rings. The first-order valence-corrected chi connectivity index (χ1v) is 4.73. The number of rotatable bonds is 1. The second-order valence-corrected chi connectivity index (χ2v) is 4.07. The fourth-order valence-corrected chi connectivity index (χ4v) is 1.79. The van der Waals surface area contributed by atoms with Gasteiger partial charge in [0.2, 0.25) is 0 Å². The maximum Gasteiger partial charge on any atom is 0.317 e. The molecule has 1 atom stereocenters. The van der Waals surface area contributed by atoms with E-state index < -0.39 is 24.2 Å². The van der Waals surface area contributed by atoms with Crippen LogP contribution in [-0.2, 0) is 0 Å². The molecule has 0 N–H and O–H groups in total. The number of benzene rings is 1. The van der Waals surface area contributed by atoms with Crippen LogP contribution in [0.1, 0.15) is 17.9 Å². The molecule has 1 aliphatic rings. The van der Waals surface area contributed by atoms with Crippen LogP contribution in [0.5, 0.6) is 0 Å². The molecule has 1 aromatic carbocycles. The van der Waals surface area contributed by atoms with Gasteiger partial charge in [0.15, 0.2) is 0 Å². The van der Waals surface area contributed by atoms with Gasteiger partial charge in [0.1, 0.15) is 0 Å². The Morgan fingerprint density at radius 3 is 2.00 bits per heavy atom. The summed E-state index contributed by atoms with van der Waals surface area (Å²) in [7, 11) is 0. The maximum atomic E-state index is 13.0. The van der Waals surface area contributed by atoms with Gasteiger partial charge >= 0.3 is 11.8 Å². The van der Waals surface area contributed by atoms with E-state index in [9.17, 15) is 17.6 Å². The molecule has 1 aromatic rings. The molecule has 0 aromatic heterocycles. The molecule has 0 unspecified atom stereocenters. The first-order valence-electron chi connectivity index (χ1n) is 4.36. The molecule has 0 amide bonds. The highest BCUT2D eigenvalue weighted by atomic mass is 35.5. The first kappa shape index (κ1) is 10.7. The largest absolute Gasteiger partial charge is 0.317 e. The Hall–Kier alpha value is -0.770. The average molecular weight is 239 g/mol. The minimum absolute atomic E-state index is 0.204. The lowest BCUT2D eigenvalue weighted by molar-refractivity contribution is -0.290. The van der Waals surface area contributed by atoms with E-state index in [0.29, 0.717) is 5.02 Å². The van der Waals surface area contributed by atoms with E-state index in [1.807, 2.05) is 0 Å². The summed E-state index contributed by atoms with van der Waals surface area (Å²) >= 11 is 5.57. The predicted octanol–water partition coefficient (Wildman–Crippen LogP) is 4.10. The summed E-state index contributed by atoms with van der Waals surface area (Å²) in [6, 6.07) is 5.55. The molecule has 0 saturated heterocycles. The van der Waals surface area contributed by atoms with Gasteiger partial charge in [0.05, 0.1) is 5.92 Å². The van der Waals surface area contributed by atoms with Crippen LogP contribution in [0, 0.1) is 0 Å². The number of hydrogen-bond donors (Lipinski definition) is 0. The van der Waals surface area contributed by atoms with Crippen molar-refractivity contribution in [2.75, 3.05) is 0 Å². The molecule has 0 radical (unpaired) electrons. The molecule has 0 heterocycles. The lowest BCUT2D eigenvalue weighted by Gasteiger charge is -2.44. The van der Waals surface area contributed by atoms with E-state index in [0.717, 1.165) is 0 Å². The smallest absolute Gasteiger partial charge is 0.200 e. The molecule has 0 bridgehead atoms. The van der Waals surface area contributed by atoms with Crippen LogP contribution in [-0.4, -0.2) is 11.8 Å². The van der Waals surface area contributed by atoms with E-state index in [4.69, 9.17) is 11.6 Å². The Morgan fingerprint density at radius 1 is 1.07 bits per heavy atom. The van der Waals surface area contributed by atoms with E-state index in [2.05, 4.69) is 0 Å². The van der Waals surface area contributed by atoms with E-state index in [1.165, 1.54) is 24.3 Å². The summed E-state index contributed by atoms with van der Waals surface area (Å²) in [6.45, 7) is 0. The van der Waals surface area contributed by atoms with Crippen LogP contribution < -0.4 is 0 Å². The van der Waals surface area contributed by atoms with Crippen LogP contribution in [0.3, 0.4) is 0 Å². The monoisotopic (exact) mass is 238 g/mol. The van der Waals surface area contributed by atoms with Crippen molar-refractivity contribution in [1.82, 2.24) is 0 Å². The quantitative estimate of drug-likeness (QED) is 0.646. The number of hydrogen-bond acceptors (Lipinski definition) is 0. The summed E-state index contributed by atoms with van der Waals surface area (Å²) in [5, 5.41) is 0.396. The van der Waals surface area contributed by atoms with E-state index in [-0.39, 0.29) is 5.56 Å². The minimum atomic E-state index is -3.94. The van der Waals surface area contributed by atoms with E-state index in [1.54, 1.807) is 0 Å². The van der Waals surface area contributed by atoms with Gasteiger partial charge in [-0.1, -0.05) is 23.7 Å². The number of halogens is 5. The van der Waals surface area contributed by atoms with Gasteiger partial charge in [-0.3, -0.25) is 0 Å². The zero-order valence-electron chi connectivity index (χ0n) is 7.48. The van der Waals surface area contributed by atoms with Crippen LogP contribution in [0.15, 0.2) is 24.3 Å². The molecular formula is C10H7ClF4. The zero-order valence-corrected chi connectivity index (χ0v) is 8.24. The topological polar surface area (TPSA) is 0 Å². The van der Waals surface area contributed by atoms with Crippen LogP contribution in [0.25, 0.3) is 0 Å². The normalized spacial score (nSPS) is 27.1. The molecule has 0 nitrogen and oxygen atoms in total. The van der Waals surface area contributed by atoms with Crippen molar-refractivity contribution in [2.24, 2.45) is 0 Å². The van der Waals surface area contributed by atoms with Gasteiger partial charge in [-0.2, -0.15) is 17.6 Å². The second-order valence-electron chi connectivity index (χ2n) is 3.64. The highest BCUT2D eigenvalue weighted by Gasteiger charge is 2.71. The van der Waals surface area contributed by atoms with Gasteiger partial charge in [-0.25, -0.2) is 0 Å². The van der Waals surface area contributed by atoms with Crippen LogP contribution >= 0.6 is 11.6 Å². The third-order valence-electron chi connectivity index (χ3n) is 2.66. The van der Waals surface area contributed by atoms with Gasteiger partial charge in [-0.05, 0) is 17.7 Å². The highest BCUT2D eigenvalue weighted by molar-refractivity contribution is 6.30. The van der Waals surface area contributed by atoms with Crippen molar-refractivity contribution in [3.8, 4) is 0 Å². The van der Waals surface area contributed by atoms with Gasteiger partial charge in [0.25, 0.3) is 0 Å². The zero-order chi connectivity index (χ0) is 11.3. The van der Waals surface area contributed by atoms with Gasteiger partial charge in [0, 0.05) is 11.4 Å².